The minimum Gasteiger partial charge on any atom is -0.501 e. The summed E-state index contributed by atoms with van der Waals surface area (Å²) in [6, 6.07) is 2.73. The molecule has 0 aliphatic carbocycles. The van der Waals surface area contributed by atoms with Gasteiger partial charge in [-0.1, -0.05) is 6.08 Å². The summed E-state index contributed by atoms with van der Waals surface area (Å²) in [5, 5.41) is 19.5. The molecule has 6 heteroatoms. The van der Waals surface area contributed by atoms with E-state index < -0.39 is 16.5 Å². The van der Waals surface area contributed by atoms with Crippen LogP contribution >= 0.6 is 12.6 Å². The van der Waals surface area contributed by atoms with Gasteiger partial charge >= 0.3 is 5.82 Å². The van der Waals surface area contributed by atoms with Gasteiger partial charge in [-0.05, 0) is 28.1 Å². The molecule has 1 aromatic rings. The summed E-state index contributed by atoms with van der Waals surface area (Å²) in [7, 11) is 0. The van der Waals surface area contributed by atoms with Gasteiger partial charge in [0, 0.05) is 5.75 Å². The first-order valence-corrected chi connectivity index (χ1v) is 4.40. The van der Waals surface area contributed by atoms with Crippen LogP contribution < -0.4 is 0 Å². The van der Waals surface area contributed by atoms with Gasteiger partial charge in [-0.2, -0.15) is 12.6 Å². The van der Waals surface area contributed by atoms with Crippen molar-refractivity contribution >= 4 is 24.5 Å². The Morgan fingerprint density at radius 3 is 2.93 bits per heavy atom. The maximum absolute atomic E-state index is 10.4. The Morgan fingerprint density at radius 2 is 2.36 bits per heavy atom. The lowest BCUT2D eigenvalue weighted by molar-refractivity contribution is -0.390. The van der Waals surface area contributed by atoms with E-state index in [2.05, 4.69) is 17.6 Å². The Kier molecular flexibility index (Phi) is 3.47. The van der Waals surface area contributed by atoms with Crippen molar-refractivity contribution < 1.29 is 10.0 Å². The van der Waals surface area contributed by atoms with Crippen LogP contribution in [0.2, 0.25) is 0 Å². The topological polar surface area (TPSA) is 76.3 Å². The van der Waals surface area contributed by atoms with E-state index >= 15 is 0 Å². The lowest BCUT2D eigenvalue weighted by Crippen LogP contribution is -1.93. The van der Waals surface area contributed by atoms with Gasteiger partial charge in [0.25, 0.3) is 0 Å². The molecular weight excluding hydrogens is 204 g/mol. The number of nitro groups is 1. The van der Waals surface area contributed by atoms with Crippen LogP contribution in [-0.4, -0.2) is 20.8 Å². The minimum atomic E-state index is -0.729. The van der Waals surface area contributed by atoms with E-state index in [1.807, 2.05) is 0 Å². The number of aromatic nitrogens is 1. The average molecular weight is 212 g/mol. The van der Waals surface area contributed by atoms with Gasteiger partial charge in [0.05, 0.1) is 0 Å². The first kappa shape index (κ1) is 10.5. The molecule has 0 amide bonds. The second-order valence-electron chi connectivity index (χ2n) is 2.42. The summed E-state index contributed by atoms with van der Waals surface area (Å²) < 4.78 is 0. The fourth-order valence-corrected chi connectivity index (χ4v) is 0.962. The van der Waals surface area contributed by atoms with Crippen LogP contribution in [0.15, 0.2) is 18.2 Å². The van der Waals surface area contributed by atoms with Gasteiger partial charge in [0.2, 0.25) is 5.75 Å². The second kappa shape index (κ2) is 4.61. The monoisotopic (exact) mass is 212 g/mol. The van der Waals surface area contributed by atoms with Crippen LogP contribution in [0.25, 0.3) is 6.08 Å². The van der Waals surface area contributed by atoms with Gasteiger partial charge in [-0.25, -0.2) is 0 Å². The maximum Gasteiger partial charge on any atom is 0.406 e. The lowest BCUT2D eigenvalue weighted by Gasteiger charge is -1.95. The number of thiol groups is 1. The quantitative estimate of drug-likeness (QED) is 0.453. The Morgan fingerprint density at radius 1 is 1.64 bits per heavy atom. The number of aromatic hydroxyl groups is 1. The lowest BCUT2D eigenvalue weighted by atomic mass is 10.3. The Bertz CT molecular complexity index is 379. The summed E-state index contributed by atoms with van der Waals surface area (Å²) in [6.45, 7) is 0. The molecule has 0 bridgehead atoms. The number of rotatable bonds is 3. The van der Waals surface area contributed by atoms with E-state index in [-0.39, 0.29) is 0 Å². The molecular formula is C8H8N2O3S. The highest BCUT2D eigenvalue weighted by Gasteiger charge is 2.15. The van der Waals surface area contributed by atoms with Gasteiger partial charge in [0.1, 0.15) is 0 Å². The van der Waals surface area contributed by atoms with Gasteiger partial charge in [-0.15, -0.1) is 0 Å². The van der Waals surface area contributed by atoms with E-state index in [4.69, 9.17) is 5.11 Å². The smallest absolute Gasteiger partial charge is 0.406 e. The van der Waals surface area contributed by atoms with Crippen LogP contribution in [0.3, 0.4) is 0 Å². The molecule has 1 N–H and O–H groups in total. The maximum atomic E-state index is 10.4. The predicted octanol–water partition coefficient (Wildman–Crippen LogP) is 1.64. The number of hydrogen-bond acceptors (Lipinski definition) is 5. The largest absolute Gasteiger partial charge is 0.501 e. The van der Waals surface area contributed by atoms with Crippen LogP contribution in [0.1, 0.15) is 5.69 Å². The third kappa shape index (κ3) is 2.46. The van der Waals surface area contributed by atoms with Crippen molar-refractivity contribution in [2.45, 2.75) is 0 Å². The minimum absolute atomic E-state index is 0.420. The molecule has 74 valence electrons. The SMILES string of the molecule is O=[N+]([O-])c1nc(C=CCS)ccc1O. The molecule has 0 fully saturated rings. The van der Waals surface area contributed by atoms with Gasteiger partial charge in [-0.3, -0.25) is 0 Å². The Hall–Kier alpha value is -1.56. The average Bonchev–Trinajstić information content (AvgIpc) is 2.16. The van der Waals surface area contributed by atoms with Crippen LogP contribution in [0.4, 0.5) is 5.82 Å². The van der Waals surface area contributed by atoms with E-state index in [9.17, 15) is 10.1 Å². The molecule has 1 rings (SSSR count). The third-order valence-electron chi connectivity index (χ3n) is 1.44. The van der Waals surface area contributed by atoms with Crippen molar-refractivity contribution in [3.63, 3.8) is 0 Å². The van der Waals surface area contributed by atoms with Crippen molar-refractivity contribution in [3.05, 3.63) is 34.0 Å². The van der Waals surface area contributed by atoms with Crippen molar-refractivity contribution in [2.24, 2.45) is 0 Å². The van der Waals surface area contributed by atoms with Gasteiger partial charge in [0.15, 0.2) is 5.69 Å². The molecule has 1 aromatic heterocycles. The normalized spacial score (nSPS) is 10.6. The highest BCUT2D eigenvalue weighted by Crippen LogP contribution is 2.22. The second-order valence-corrected chi connectivity index (χ2v) is 2.79. The number of nitrogens with zero attached hydrogens (tertiary/aromatic N) is 2. The molecule has 14 heavy (non-hydrogen) atoms. The molecule has 0 unspecified atom stereocenters. The zero-order chi connectivity index (χ0) is 10.6. The predicted molar refractivity (Wildman–Crippen MR) is 55.4 cm³/mol. The van der Waals surface area contributed by atoms with Crippen LogP contribution in [0, 0.1) is 10.1 Å². The van der Waals surface area contributed by atoms with E-state index in [1.54, 1.807) is 12.2 Å². The third-order valence-corrected chi connectivity index (χ3v) is 1.65. The summed E-state index contributed by atoms with van der Waals surface area (Å²) >= 11 is 3.94. The molecule has 0 aliphatic rings. The molecule has 5 nitrogen and oxygen atoms in total. The van der Waals surface area contributed by atoms with Crippen molar-refractivity contribution in [1.82, 2.24) is 4.98 Å². The highest BCUT2D eigenvalue weighted by molar-refractivity contribution is 7.80. The first-order valence-electron chi connectivity index (χ1n) is 3.77. The van der Waals surface area contributed by atoms with E-state index in [1.165, 1.54) is 12.1 Å². The highest BCUT2D eigenvalue weighted by atomic mass is 32.1. The first-order chi connectivity index (χ1) is 6.65. The number of pyridine rings is 1. The summed E-state index contributed by atoms with van der Waals surface area (Å²) in [5.41, 5.74) is 0.420. The Balaban J connectivity index is 3.06. The fraction of sp³-hybridized carbons (Fsp3) is 0.125. The number of hydrogen-bond donors (Lipinski definition) is 2. The van der Waals surface area contributed by atoms with Crippen molar-refractivity contribution in [3.8, 4) is 5.75 Å². The van der Waals surface area contributed by atoms with Gasteiger partial charge < -0.3 is 15.2 Å². The molecule has 0 saturated heterocycles. The molecule has 0 aromatic carbocycles. The molecule has 1 heterocycles. The summed E-state index contributed by atoms with van der Waals surface area (Å²) in [4.78, 5) is 13.3. The molecule has 0 saturated carbocycles. The van der Waals surface area contributed by atoms with E-state index in [0.717, 1.165) is 0 Å². The molecule has 0 aliphatic heterocycles. The van der Waals surface area contributed by atoms with Crippen molar-refractivity contribution in [1.29, 1.82) is 0 Å². The molecule has 0 radical (unpaired) electrons. The zero-order valence-electron chi connectivity index (χ0n) is 7.12. The fourth-order valence-electron chi connectivity index (χ4n) is 0.856. The van der Waals surface area contributed by atoms with Crippen LogP contribution in [-0.2, 0) is 0 Å². The molecule has 0 atom stereocenters. The van der Waals surface area contributed by atoms with Crippen LogP contribution in [0.5, 0.6) is 5.75 Å². The standard InChI is InChI=1S/C8H8N2O3S/c11-7-4-3-6(2-1-5-14)9-8(7)10(12)13/h1-4,11,14H,5H2. The van der Waals surface area contributed by atoms with Crippen molar-refractivity contribution in [2.75, 3.05) is 5.75 Å². The molecule has 0 spiro atoms. The Labute approximate surface area is 85.7 Å². The van der Waals surface area contributed by atoms with E-state index in [0.29, 0.717) is 11.4 Å². The zero-order valence-corrected chi connectivity index (χ0v) is 8.02. The summed E-state index contributed by atoms with van der Waals surface area (Å²) in [6.07, 6.45) is 3.30. The summed E-state index contributed by atoms with van der Waals surface area (Å²) in [5.74, 6) is -0.444.